The summed E-state index contributed by atoms with van der Waals surface area (Å²) in [5, 5.41) is 2.83. The molecule has 4 rings (SSSR count). The number of amides is 3. The Morgan fingerprint density at radius 2 is 1.75 bits per heavy atom. The van der Waals surface area contributed by atoms with Crippen LogP contribution < -0.4 is 5.32 Å². The molecule has 0 spiro atoms. The molecule has 5 nitrogen and oxygen atoms in total. The molecule has 1 saturated heterocycles. The molecule has 0 aromatic heterocycles. The van der Waals surface area contributed by atoms with Crippen molar-refractivity contribution in [1.29, 1.82) is 0 Å². The number of rotatable bonds is 4. The molecule has 3 aliphatic rings. The quantitative estimate of drug-likeness (QED) is 0.680. The van der Waals surface area contributed by atoms with Gasteiger partial charge < -0.3 is 5.32 Å². The molecule has 0 unspecified atom stereocenters. The van der Waals surface area contributed by atoms with Crippen LogP contribution in [-0.2, 0) is 20.8 Å². The largest absolute Gasteiger partial charge is 0.324 e. The average molecular weight is 324 g/mol. The predicted octanol–water partition coefficient (Wildman–Crippen LogP) is 1.99. The Hall–Kier alpha value is -2.43. The fraction of sp³-hybridized carbons (Fsp3) is 0.421. The van der Waals surface area contributed by atoms with Gasteiger partial charge in [0.2, 0.25) is 17.7 Å². The van der Waals surface area contributed by atoms with Gasteiger partial charge in [-0.05, 0) is 36.3 Å². The summed E-state index contributed by atoms with van der Waals surface area (Å²) < 4.78 is 0. The maximum Gasteiger partial charge on any atom is 0.244 e. The van der Waals surface area contributed by atoms with Crippen LogP contribution >= 0.6 is 0 Å². The summed E-state index contributed by atoms with van der Waals surface area (Å²) in [6.45, 7) is 1.82. The Kier molecular flexibility index (Phi) is 3.52. The van der Waals surface area contributed by atoms with Gasteiger partial charge in [0.15, 0.2) is 0 Å². The summed E-state index contributed by atoms with van der Waals surface area (Å²) in [4.78, 5) is 38.7. The minimum absolute atomic E-state index is 0.172. The lowest BCUT2D eigenvalue weighted by molar-refractivity contribution is -0.143. The first-order valence-corrected chi connectivity index (χ1v) is 8.51. The average Bonchev–Trinajstić information content (AvgIpc) is 3.25. The van der Waals surface area contributed by atoms with Crippen LogP contribution in [0.4, 0.5) is 5.69 Å². The molecule has 0 radical (unpaired) electrons. The van der Waals surface area contributed by atoms with Gasteiger partial charge in [0.1, 0.15) is 6.54 Å². The molecule has 24 heavy (non-hydrogen) atoms. The lowest BCUT2D eigenvalue weighted by Crippen LogP contribution is -2.39. The van der Waals surface area contributed by atoms with Gasteiger partial charge >= 0.3 is 0 Å². The zero-order valence-corrected chi connectivity index (χ0v) is 13.6. The van der Waals surface area contributed by atoms with E-state index in [9.17, 15) is 14.4 Å². The molecule has 1 aromatic rings. The van der Waals surface area contributed by atoms with Crippen molar-refractivity contribution >= 4 is 23.4 Å². The minimum atomic E-state index is -0.321. The molecule has 2 fully saturated rings. The predicted molar refractivity (Wildman–Crippen MR) is 88.9 cm³/mol. The number of nitrogens with zero attached hydrogens (tertiary/aromatic N) is 1. The third-order valence-corrected chi connectivity index (χ3v) is 5.54. The van der Waals surface area contributed by atoms with Crippen LogP contribution in [0.3, 0.4) is 0 Å². The topological polar surface area (TPSA) is 66.5 Å². The van der Waals surface area contributed by atoms with Crippen molar-refractivity contribution < 1.29 is 14.4 Å². The van der Waals surface area contributed by atoms with Crippen LogP contribution in [0.2, 0.25) is 0 Å². The van der Waals surface area contributed by atoms with E-state index in [2.05, 4.69) is 17.5 Å². The van der Waals surface area contributed by atoms with E-state index < -0.39 is 0 Å². The molecule has 1 N–H and O–H groups in total. The highest BCUT2D eigenvalue weighted by Gasteiger charge is 2.59. The molecule has 1 saturated carbocycles. The van der Waals surface area contributed by atoms with Crippen molar-refractivity contribution in [3.63, 3.8) is 0 Å². The summed E-state index contributed by atoms with van der Waals surface area (Å²) in [6.07, 6.45) is 5.81. The van der Waals surface area contributed by atoms with Gasteiger partial charge in [0.25, 0.3) is 0 Å². The third kappa shape index (κ3) is 2.19. The number of allylic oxidation sites excluding steroid dienone is 2. The molecule has 5 heteroatoms. The molecule has 4 atom stereocenters. The Bertz CT molecular complexity index is 725. The lowest BCUT2D eigenvalue weighted by Gasteiger charge is -2.17. The van der Waals surface area contributed by atoms with E-state index in [0.29, 0.717) is 0 Å². The number of likely N-dealkylation sites (tertiary alicyclic amines) is 1. The second kappa shape index (κ2) is 5.58. The first-order valence-electron chi connectivity index (χ1n) is 8.51. The van der Waals surface area contributed by atoms with E-state index in [0.717, 1.165) is 29.0 Å². The van der Waals surface area contributed by atoms with E-state index in [1.54, 1.807) is 0 Å². The molecular weight excluding hydrogens is 304 g/mol. The summed E-state index contributed by atoms with van der Waals surface area (Å²) in [5.74, 6) is -0.832. The number of carbonyl (C=O) groups excluding carboxylic acids is 3. The lowest BCUT2D eigenvalue weighted by atomic mass is 9.85. The van der Waals surface area contributed by atoms with E-state index in [-0.39, 0.29) is 47.9 Å². The number of para-hydroxylation sites is 1. The molecule has 1 aromatic carbocycles. The Morgan fingerprint density at radius 3 is 2.38 bits per heavy atom. The number of imide groups is 1. The molecule has 2 bridgehead atoms. The smallest absolute Gasteiger partial charge is 0.244 e. The van der Waals surface area contributed by atoms with Gasteiger partial charge in [0, 0.05) is 5.69 Å². The molecular formula is C19H20N2O3. The second-order valence-electron chi connectivity index (χ2n) is 6.82. The van der Waals surface area contributed by atoms with Crippen LogP contribution in [0, 0.1) is 23.7 Å². The van der Waals surface area contributed by atoms with Crippen molar-refractivity contribution in [2.45, 2.75) is 19.8 Å². The van der Waals surface area contributed by atoms with E-state index in [4.69, 9.17) is 0 Å². The number of carbonyl (C=O) groups is 3. The highest BCUT2D eigenvalue weighted by atomic mass is 16.2. The number of nitrogens with one attached hydrogen (secondary N) is 1. The minimum Gasteiger partial charge on any atom is -0.324 e. The zero-order valence-electron chi connectivity index (χ0n) is 13.6. The van der Waals surface area contributed by atoms with E-state index in [1.165, 1.54) is 0 Å². The third-order valence-electron chi connectivity index (χ3n) is 5.54. The summed E-state index contributed by atoms with van der Waals surface area (Å²) >= 11 is 0. The number of benzene rings is 1. The van der Waals surface area contributed by atoms with Crippen LogP contribution in [0.25, 0.3) is 0 Å². The second-order valence-corrected chi connectivity index (χ2v) is 6.82. The highest BCUT2D eigenvalue weighted by molar-refractivity contribution is 6.09. The molecule has 3 amide bonds. The highest BCUT2D eigenvalue weighted by Crippen LogP contribution is 2.52. The van der Waals surface area contributed by atoms with Crippen LogP contribution in [0.1, 0.15) is 18.9 Å². The monoisotopic (exact) mass is 324 g/mol. The van der Waals surface area contributed by atoms with Gasteiger partial charge in [-0.1, -0.05) is 37.3 Å². The summed E-state index contributed by atoms with van der Waals surface area (Å²) in [5.41, 5.74) is 1.77. The SMILES string of the molecule is CCc1ccccc1NC(=O)CN1C(=O)[C@@H]2[C@@H](C1=O)[C@H]1C=C[C@H]2C1. The van der Waals surface area contributed by atoms with Crippen molar-refractivity contribution in [2.24, 2.45) is 23.7 Å². The van der Waals surface area contributed by atoms with Gasteiger partial charge in [0.05, 0.1) is 11.8 Å². The van der Waals surface area contributed by atoms with Gasteiger partial charge in [-0.15, -0.1) is 0 Å². The number of hydrogen-bond donors (Lipinski definition) is 1. The molecule has 124 valence electrons. The van der Waals surface area contributed by atoms with Crippen molar-refractivity contribution in [2.75, 3.05) is 11.9 Å². The molecule has 1 heterocycles. The number of aryl methyl sites for hydroxylation is 1. The Balaban J connectivity index is 1.47. The fourth-order valence-electron chi connectivity index (χ4n) is 4.40. The molecule has 2 aliphatic carbocycles. The van der Waals surface area contributed by atoms with Gasteiger partial charge in [-0.2, -0.15) is 0 Å². The fourth-order valence-corrected chi connectivity index (χ4v) is 4.40. The zero-order chi connectivity index (χ0) is 16.8. The standard InChI is InChI=1S/C19H20N2O3/c1-2-11-5-3-4-6-14(11)20-15(22)10-21-18(23)16-12-7-8-13(9-12)17(16)19(21)24/h3-8,12-13,16-17H,2,9-10H2,1H3,(H,20,22)/t12-,13-,16-,17-/m0/s1. The summed E-state index contributed by atoms with van der Waals surface area (Å²) in [6, 6.07) is 7.57. The maximum absolute atomic E-state index is 12.6. The normalized spacial score (nSPS) is 30.1. The van der Waals surface area contributed by atoms with E-state index >= 15 is 0 Å². The Labute approximate surface area is 140 Å². The molecule has 1 aliphatic heterocycles. The van der Waals surface area contributed by atoms with Crippen molar-refractivity contribution in [3.8, 4) is 0 Å². The Morgan fingerprint density at radius 1 is 1.12 bits per heavy atom. The van der Waals surface area contributed by atoms with Crippen molar-refractivity contribution in [3.05, 3.63) is 42.0 Å². The van der Waals surface area contributed by atoms with Crippen molar-refractivity contribution in [1.82, 2.24) is 4.90 Å². The van der Waals surface area contributed by atoms with Crippen LogP contribution in [0.15, 0.2) is 36.4 Å². The maximum atomic E-state index is 12.6. The first kappa shape index (κ1) is 15.1. The number of hydrogen-bond acceptors (Lipinski definition) is 3. The van der Waals surface area contributed by atoms with Gasteiger partial charge in [-0.3, -0.25) is 19.3 Å². The van der Waals surface area contributed by atoms with Crippen LogP contribution in [-0.4, -0.2) is 29.2 Å². The summed E-state index contributed by atoms with van der Waals surface area (Å²) in [7, 11) is 0. The number of anilines is 1. The number of fused-ring (bicyclic) bond motifs is 5. The van der Waals surface area contributed by atoms with E-state index in [1.807, 2.05) is 31.2 Å². The van der Waals surface area contributed by atoms with Crippen LogP contribution in [0.5, 0.6) is 0 Å². The van der Waals surface area contributed by atoms with Gasteiger partial charge in [-0.25, -0.2) is 0 Å². The first-order chi connectivity index (χ1) is 11.6.